The average molecular weight is 186 g/mol. The Labute approximate surface area is 82.7 Å². The molecule has 3 heteroatoms. The van der Waals surface area contributed by atoms with Gasteiger partial charge in [0.15, 0.2) is 0 Å². The van der Waals surface area contributed by atoms with E-state index in [0.717, 1.165) is 0 Å². The van der Waals surface area contributed by atoms with Crippen LogP contribution < -0.4 is 5.32 Å². The predicted molar refractivity (Wildman–Crippen MR) is 53.3 cm³/mol. The summed E-state index contributed by atoms with van der Waals surface area (Å²) >= 11 is 0. The molecule has 0 bridgehead atoms. The van der Waals surface area contributed by atoms with Crippen molar-refractivity contribution in [2.24, 2.45) is 0 Å². The van der Waals surface area contributed by atoms with Crippen molar-refractivity contribution in [1.29, 1.82) is 5.26 Å². The normalized spacial score (nSPS) is 10.4. The Kier molecular flexibility index (Phi) is 3.45. The number of allylic oxidation sites excluding steroid dienone is 2. The maximum absolute atomic E-state index is 11.5. The molecule has 3 nitrogen and oxygen atoms in total. The van der Waals surface area contributed by atoms with Crippen molar-refractivity contribution in [1.82, 2.24) is 5.32 Å². The molecule has 0 unspecified atom stereocenters. The van der Waals surface area contributed by atoms with Crippen LogP contribution in [0.25, 0.3) is 0 Å². The van der Waals surface area contributed by atoms with Gasteiger partial charge in [-0.1, -0.05) is 18.2 Å². The van der Waals surface area contributed by atoms with Crippen LogP contribution in [0.5, 0.6) is 0 Å². The van der Waals surface area contributed by atoms with Crippen molar-refractivity contribution in [2.75, 3.05) is 0 Å². The summed E-state index contributed by atoms with van der Waals surface area (Å²) in [6.07, 6.45) is 1.29. The van der Waals surface area contributed by atoms with Crippen LogP contribution in [-0.2, 0) is 0 Å². The Morgan fingerprint density at radius 3 is 2.64 bits per heavy atom. The number of rotatable bonds is 2. The lowest BCUT2D eigenvalue weighted by atomic mass is 10.2. The molecule has 0 spiro atoms. The Balaban J connectivity index is 2.70. The largest absolute Gasteiger partial charge is 0.325 e. The highest BCUT2D eigenvalue weighted by molar-refractivity contribution is 5.95. The van der Waals surface area contributed by atoms with Crippen molar-refractivity contribution in [3.63, 3.8) is 0 Å². The van der Waals surface area contributed by atoms with Gasteiger partial charge in [0, 0.05) is 17.3 Å². The number of nitrogens with zero attached hydrogens (tertiary/aromatic N) is 1. The van der Waals surface area contributed by atoms with Crippen LogP contribution in [0.1, 0.15) is 17.3 Å². The third-order valence-corrected chi connectivity index (χ3v) is 1.63. The molecule has 1 amide bonds. The van der Waals surface area contributed by atoms with Crippen molar-refractivity contribution in [3.8, 4) is 6.07 Å². The third kappa shape index (κ3) is 2.76. The van der Waals surface area contributed by atoms with Crippen LogP contribution in [-0.4, -0.2) is 5.91 Å². The second kappa shape index (κ2) is 4.83. The third-order valence-electron chi connectivity index (χ3n) is 1.63. The number of benzene rings is 1. The highest BCUT2D eigenvalue weighted by Gasteiger charge is 2.03. The molecule has 0 saturated carbocycles. The molecule has 1 rings (SSSR count). The zero-order chi connectivity index (χ0) is 10.4. The van der Waals surface area contributed by atoms with Gasteiger partial charge in [-0.2, -0.15) is 5.26 Å². The molecule has 14 heavy (non-hydrogen) atoms. The minimum atomic E-state index is -0.199. The van der Waals surface area contributed by atoms with Gasteiger partial charge in [0.2, 0.25) is 0 Å². The highest BCUT2D eigenvalue weighted by Crippen LogP contribution is 1.99. The number of hydrogen-bond donors (Lipinski definition) is 1. The molecule has 1 aromatic rings. The van der Waals surface area contributed by atoms with E-state index in [1.54, 1.807) is 31.2 Å². The first-order valence-corrected chi connectivity index (χ1v) is 4.17. The summed E-state index contributed by atoms with van der Waals surface area (Å²) in [6, 6.07) is 10.7. The van der Waals surface area contributed by atoms with Gasteiger partial charge in [-0.3, -0.25) is 4.79 Å². The molecule has 0 aliphatic rings. The van der Waals surface area contributed by atoms with Gasteiger partial charge in [-0.15, -0.1) is 0 Å². The lowest BCUT2D eigenvalue weighted by molar-refractivity contribution is 0.0966. The van der Waals surface area contributed by atoms with Crippen molar-refractivity contribution in [3.05, 3.63) is 47.7 Å². The van der Waals surface area contributed by atoms with Crippen LogP contribution in [0.15, 0.2) is 42.1 Å². The van der Waals surface area contributed by atoms with Gasteiger partial charge in [-0.25, -0.2) is 0 Å². The first-order chi connectivity index (χ1) is 6.74. The fourth-order valence-corrected chi connectivity index (χ4v) is 0.974. The number of carbonyl (C=O) groups is 1. The fourth-order valence-electron chi connectivity index (χ4n) is 0.974. The maximum atomic E-state index is 11.5. The summed E-state index contributed by atoms with van der Waals surface area (Å²) in [6.45, 7) is 1.67. The second-order valence-corrected chi connectivity index (χ2v) is 2.78. The molecule has 1 N–H and O–H groups in total. The monoisotopic (exact) mass is 186 g/mol. The predicted octanol–water partition coefficient (Wildman–Crippen LogP) is 1.84. The van der Waals surface area contributed by atoms with E-state index in [1.807, 2.05) is 12.1 Å². The lowest BCUT2D eigenvalue weighted by Gasteiger charge is -2.02. The molecule has 1 aromatic carbocycles. The quantitative estimate of drug-likeness (QED) is 0.716. The van der Waals surface area contributed by atoms with E-state index < -0.39 is 0 Å². The van der Waals surface area contributed by atoms with Crippen molar-refractivity contribution < 1.29 is 4.79 Å². The lowest BCUT2D eigenvalue weighted by Crippen LogP contribution is -2.20. The zero-order valence-electron chi connectivity index (χ0n) is 7.82. The molecule has 0 fully saturated rings. The summed E-state index contributed by atoms with van der Waals surface area (Å²) in [7, 11) is 0. The minimum absolute atomic E-state index is 0.199. The van der Waals surface area contributed by atoms with Crippen LogP contribution >= 0.6 is 0 Å². The molecule has 70 valence electrons. The summed E-state index contributed by atoms with van der Waals surface area (Å²) < 4.78 is 0. The molecule has 0 aromatic heterocycles. The number of carbonyl (C=O) groups excluding carboxylic acids is 1. The minimum Gasteiger partial charge on any atom is -0.325 e. The van der Waals surface area contributed by atoms with Crippen LogP contribution in [0.2, 0.25) is 0 Å². The smallest absolute Gasteiger partial charge is 0.255 e. The Bertz CT molecular complexity index is 387. The average Bonchev–Trinajstić information content (AvgIpc) is 2.19. The molecule has 0 radical (unpaired) electrons. The molecule has 0 aliphatic heterocycles. The molecule has 0 aliphatic carbocycles. The van der Waals surface area contributed by atoms with E-state index in [9.17, 15) is 4.79 Å². The molecular weight excluding hydrogens is 176 g/mol. The molecule has 0 heterocycles. The maximum Gasteiger partial charge on any atom is 0.255 e. The van der Waals surface area contributed by atoms with Crippen molar-refractivity contribution in [2.45, 2.75) is 6.92 Å². The summed E-state index contributed by atoms with van der Waals surface area (Å²) in [5, 5.41) is 10.9. The fraction of sp³-hybridized carbons (Fsp3) is 0.0909. The van der Waals surface area contributed by atoms with Gasteiger partial charge < -0.3 is 5.32 Å². The SMILES string of the molecule is CC(=CC#N)NC(=O)c1ccccc1. The standard InChI is InChI=1S/C11H10N2O/c1-9(7-8-12)13-11(14)10-5-3-2-4-6-10/h2-7H,1H3,(H,13,14). The first kappa shape index (κ1) is 10.0. The molecule has 0 saturated heterocycles. The van der Waals surface area contributed by atoms with Gasteiger partial charge in [0.25, 0.3) is 5.91 Å². The first-order valence-electron chi connectivity index (χ1n) is 4.17. The second-order valence-electron chi connectivity index (χ2n) is 2.78. The van der Waals surface area contributed by atoms with E-state index in [4.69, 9.17) is 5.26 Å². The summed E-state index contributed by atoms with van der Waals surface area (Å²) in [4.78, 5) is 11.5. The van der Waals surface area contributed by atoms with E-state index in [1.165, 1.54) is 6.08 Å². The number of hydrogen-bond acceptors (Lipinski definition) is 2. The summed E-state index contributed by atoms with van der Waals surface area (Å²) in [5.41, 5.74) is 1.12. The number of amides is 1. The van der Waals surface area contributed by atoms with E-state index in [0.29, 0.717) is 11.3 Å². The van der Waals surface area contributed by atoms with Gasteiger partial charge in [0.1, 0.15) is 0 Å². The van der Waals surface area contributed by atoms with Gasteiger partial charge >= 0.3 is 0 Å². The summed E-state index contributed by atoms with van der Waals surface area (Å²) in [5.74, 6) is -0.199. The Morgan fingerprint density at radius 2 is 2.07 bits per heavy atom. The van der Waals surface area contributed by atoms with Crippen LogP contribution in [0.3, 0.4) is 0 Å². The van der Waals surface area contributed by atoms with Crippen LogP contribution in [0, 0.1) is 11.3 Å². The van der Waals surface area contributed by atoms with Crippen molar-refractivity contribution >= 4 is 5.91 Å². The highest BCUT2D eigenvalue weighted by atomic mass is 16.1. The van der Waals surface area contributed by atoms with E-state index >= 15 is 0 Å². The zero-order valence-corrected chi connectivity index (χ0v) is 7.82. The van der Waals surface area contributed by atoms with Gasteiger partial charge in [-0.05, 0) is 19.1 Å². The topological polar surface area (TPSA) is 52.9 Å². The van der Waals surface area contributed by atoms with Crippen LogP contribution in [0.4, 0.5) is 0 Å². The molecule has 0 atom stereocenters. The number of nitriles is 1. The molecular formula is C11H10N2O. The van der Waals surface area contributed by atoms with E-state index in [-0.39, 0.29) is 5.91 Å². The number of nitrogens with one attached hydrogen (secondary N) is 1. The Morgan fingerprint density at radius 1 is 1.43 bits per heavy atom. The Hall–Kier alpha value is -2.08. The van der Waals surface area contributed by atoms with Gasteiger partial charge in [0.05, 0.1) is 6.07 Å². The van der Waals surface area contributed by atoms with E-state index in [2.05, 4.69) is 5.32 Å².